The van der Waals surface area contributed by atoms with Gasteiger partial charge >= 0.3 is 0 Å². The highest BCUT2D eigenvalue weighted by Gasteiger charge is 2.19. The van der Waals surface area contributed by atoms with Crippen LogP contribution in [-0.4, -0.2) is 35.0 Å². The molecule has 0 spiro atoms. The summed E-state index contributed by atoms with van der Waals surface area (Å²) >= 11 is 0. The van der Waals surface area contributed by atoms with Crippen molar-refractivity contribution in [1.29, 1.82) is 0 Å². The molecule has 6 heteroatoms. The van der Waals surface area contributed by atoms with Gasteiger partial charge in [0.25, 0.3) is 0 Å². The van der Waals surface area contributed by atoms with Crippen LogP contribution in [0.2, 0.25) is 0 Å². The van der Waals surface area contributed by atoms with E-state index in [0.717, 1.165) is 59.2 Å². The van der Waals surface area contributed by atoms with Crippen LogP contribution < -0.4 is 14.2 Å². The topological polar surface area (TPSA) is 69.3 Å². The Morgan fingerprint density at radius 2 is 0.821 bits per heavy atom. The van der Waals surface area contributed by atoms with Crippen LogP contribution in [0.3, 0.4) is 0 Å². The van der Waals surface area contributed by atoms with Gasteiger partial charge in [-0.05, 0) is 49.6 Å². The number of pyridine rings is 1. The van der Waals surface area contributed by atoms with E-state index in [1.54, 1.807) is 0 Å². The van der Waals surface area contributed by atoms with Gasteiger partial charge in [0.15, 0.2) is 11.5 Å². The second-order valence-electron chi connectivity index (χ2n) is 16.3. The number of nitrogens with zero attached hydrogens (tertiary/aromatic N) is 2. The van der Waals surface area contributed by atoms with Crippen molar-refractivity contribution in [3.63, 3.8) is 0 Å². The van der Waals surface area contributed by atoms with E-state index in [9.17, 15) is 0 Å². The number of unbranched alkanes of at least 4 members (excludes halogenated alkanes) is 27. The van der Waals surface area contributed by atoms with Crippen molar-refractivity contribution in [2.75, 3.05) is 19.8 Å². The van der Waals surface area contributed by atoms with Gasteiger partial charge in [-0.3, -0.25) is 10.1 Å². The zero-order chi connectivity index (χ0) is 39.6. The smallest absolute Gasteiger partial charge is 0.203 e. The van der Waals surface area contributed by atoms with Crippen molar-refractivity contribution in [2.24, 2.45) is 0 Å². The van der Waals surface area contributed by atoms with E-state index in [2.05, 4.69) is 49.1 Å². The summed E-state index contributed by atoms with van der Waals surface area (Å²) < 4.78 is 19.8. The number of rotatable bonds is 38. The van der Waals surface area contributed by atoms with Crippen molar-refractivity contribution in [1.82, 2.24) is 15.2 Å². The monoisotopic (exact) mass is 774 g/mol. The summed E-state index contributed by atoms with van der Waals surface area (Å²) in [4.78, 5) is 4.53. The maximum atomic E-state index is 6.62. The summed E-state index contributed by atoms with van der Waals surface area (Å²) in [6.07, 6.45) is 40.9. The number of benzene rings is 1. The summed E-state index contributed by atoms with van der Waals surface area (Å²) in [6.45, 7) is 8.88. The molecule has 3 rings (SSSR count). The molecule has 0 fully saturated rings. The van der Waals surface area contributed by atoms with Crippen LogP contribution in [-0.2, 0) is 0 Å². The Kier molecular flexibility index (Phi) is 27.9. The molecule has 2 heterocycles. The number of H-pyrrole nitrogens is 1. The van der Waals surface area contributed by atoms with Gasteiger partial charge in [-0.15, -0.1) is 0 Å². The second kappa shape index (κ2) is 33.0. The van der Waals surface area contributed by atoms with Crippen molar-refractivity contribution >= 4 is 0 Å². The van der Waals surface area contributed by atoms with E-state index >= 15 is 0 Å². The van der Waals surface area contributed by atoms with E-state index in [0.29, 0.717) is 19.8 Å². The zero-order valence-corrected chi connectivity index (χ0v) is 36.5. The zero-order valence-electron chi connectivity index (χ0n) is 36.5. The number of hydrogen-bond donors (Lipinski definition) is 1. The first-order valence-electron chi connectivity index (χ1n) is 23.8. The van der Waals surface area contributed by atoms with E-state index in [-0.39, 0.29) is 0 Å². The van der Waals surface area contributed by atoms with Gasteiger partial charge in [0.05, 0.1) is 36.9 Å². The lowest BCUT2D eigenvalue weighted by Crippen LogP contribution is -2.07. The SMILES string of the molecule is CCCCCCCCCCCCOc1cc(-c2cc(-c3ccccn3)[nH]n2)cc(OCCCCCCCCCCCC)c1OCCCCCCCCCCCC. The number of aromatic nitrogens is 3. The highest BCUT2D eigenvalue weighted by atomic mass is 16.5. The quantitative estimate of drug-likeness (QED) is 0.0587. The first-order valence-corrected chi connectivity index (χ1v) is 23.8. The molecule has 1 aromatic carbocycles. The molecule has 0 atom stereocenters. The predicted molar refractivity (Wildman–Crippen MR) is 239 cm³/mol. The molecular weight excluding hydrogens is 691 g/mol. The van der Waals surface area contributed by atoms with Crippen molar-refractivity contribution in [3.8, 4) is 39.9 Å². The molecule has 0 aliphatic carbocycles. The van der Waals surface area contributed by atoms with E-state index < -0.39 is 0 Å². The van der Waals surface area contributed by atoms with Crippen molar-refractivity contribution in [2.45, 2.75) is 213 Å². The molecule has 1 N–H and O–H groups in total. The maximum Gasteiger partial charge on any atom is 0.203 e. The Morgan fingerprint density at radius 1 is 0.429 bits per heavy atom. The van der Waals surface area contributed by atoms with Gasteiger partial charge < -0.3 is 14.2 Å². The Morgan fingerprint density at radius 3 is 1.21 bits per heavy atom. The average molecular weight is 774 g/mol. The highest BCUT2D eigenvalue weighted by Crippen LogP contribution is 2.42. The number of ether oxygens (including phenoxy) is 3. The molecule has 0 radical (unpaired) electrons. The van der Waals surface area contributed by atoms with Crippen LogP contribution in [0.15, 0.2) is 42.6 Å². The first-order chi connectivity index (χ1) is 27.8. The lowest BCUT2D eigenvalue weighted by molar-refractivity contribution is 0.234. The van der Waals surface area contributed by atoms with Crippen LogP contribution >= 0.6 is 0 Å². The van der Waals surface area contributed by atoms with Crippen LogP contribution in [0.5, 0.6) is 17.2 Å². The number of aromatic amines is 1. The third-order valence-corrected chi connectivity index (χ3v) is 11.1. The lowest BCUT2D eigenvalue weighted by atomic mass is 10.1. The largest absolute Gasteiger partial charge is 0.490 e. The van der Waals surface area contributed by atoms with Crippen LogP contribution in [0, 0.1) is 0 Å². The van der Waals surface area contributed by atoms with Gasteiger partial charge in [-0.2, -0.15) is 5.10 Å². The first kappa shape index (κ1) is 47.4. The van der Waals surface area contributed by atoms with Crippen LogP contribution in [0.4, 0.5) is 0 Å². The second-order valence-corrected chi connectivity index (χ2v) is 16.3. The Bertz CT molecular complexity index is 1280. The third-order valence-electron chi connectivity index (χ3n) is 11.1. The summed E-state index contributed by atoms with van der Waals surface area (Å²) in [6, 6.07) is 12.2. The fraction of sp³-hybridized carbons (Fsp3) is 0.720. The Balaban J connectivity index is 1.64. The molecule has 0 saturated heterocycles. The lowest BCUT2D eigenvalue weighted by Gasteiger charge is -2.19. The highest BCUT2D eigenvalue weighted by molar-refractivity contribution is 5.71. The summed E-state index contributed by atoms with van der Waals surface area (Å²) in [5.41, 5.74) is 3.57. The minimum absolute atomic E-state index is 0.672. The van der Waals surface area contributed by atoms with E-state index in [1.165, 1.54) is 173 Å². The fourth-order valence-corrected chi connectivity index (χ4v) is 7.51. The Hall–Kier alpha value is -3.02. The molecule has 6 nitrogen and oxygen atoms in total. The molecule has 0 amide bonds. The molecule has 56 heavy (non-hydrogen) atoms. The van der Waals surface area contributed by atoms with Crippen molar-refractivity contribution in [3.05, 3.63) is 42.6 Å². The van der Waals surface area contributed by atoms with Gasteiger partial charge in [-0.25, -0.2) is 0 Å². The molecule has 0 unspecified atom stereocenters. The standard InChI is InChI=1S/C50H83N3O3/c1-4-7-10-13-16-19-22-25-28-33-38-54-48-41-44(46-43-47(53-52-46)45-36-31-32-37-51-45)42-49(55-39-34-29-26-23-20-17-14-11-8-5-2)50(48)56-40-35-30-27-24-21-18-15-12-9-6-3/h31-32,36-37,41-43H,4-30,33-35,38-40H2,1-3H3,(H,52,53). The van der Waals surface area contributed by atoms with Crippen molar-refractivity contribution < 1.29 is 14.2 Å². The average Bonchev–Trinajstić information content (AvgIpc) is 3.72. The fourth-order valence-electron chi connectivity index (χ4n) is 7.51. The Labute approximate surface area is 344 Å². The molecule has 3 aromatic rings. The molecule has 316 valence electrons. The summed E-state index contributed by atoms with van der Waals surface area (Å²) in [5, 5.41) is 7.92. The van der Waals surface area contributed by atoms with Gasteiger partial charge in [0.1, 0.15) is 0 Å². The van der Waals surface area contributed by atoms with Crippen LogP contribution in [0.1, 0.15) is 213 Å². The molecular formula is C50H83N3O3. The molecule has 0 bridgehead atoms. The van der Waals surface area contributed by atoms with Gasteiger partial charge in [0.2, 0.25) is 5.75 Å². The molecule has 0 saturated carbocycles. The minimum Gasteiger partial charge on any atom is -0.490 e. The number of nitrogens with one attached hydrogen (secondary N) is 1. The molecule has 0 aliphatic heterocycles. The predicted octanol–water partition coefficient (Wildman–Crippen LogP) is 16.0. The maximum absolute atomic E-state index is 6.62. The molecule has 0 aliphatic rings. The van der Waals surface area contributed by atoms with Gasteiger partial charge in [0, 0.05) is 11.8 Å². The van der Waals surface area contributed by atoms with Gasteiger partial charge in [-0.1, -0.05) is 200 Å². The molecule has 2 aromatic heterocycles. The summed E-state index contributed by atoms with van der Waals surface area (Å²) in [5.74, 6) is 2.29. The third kappa shape index (κ3) is 21.5. The number of hydrogen-bond acceptors (Lipinski definition) is 5. The van der Waals surface area contributed by atoms with Crippen LogP contribution in [0.25, 0.3) is 22.6 Å². The van der Waals surface area contributed by atoms with E-state index in [4.69, 9.17) is 19.3 Å². The summed E-state index contributed by atoms with van der Waals surface area (Å²) in [7, 11) is 0. The van der Waals surface area contributed by atoms with E-state index in [1.807, 2.05) is 24.4 Å². The normalized spacial score (nSPS) is 11.3. The minimum atomic E-state index is 0.672.